The summed E-state index contributed by atoms with van der Waals surface area (Å²) in [4.78, 5) is 21.3. The van der Waals surface area contributed by atoms with Gasteiger partial charge in [-0.25, -0.2) is 0 Å². The van der Waals surface area contributed by atoms with Gasteiger partial charge in [0.05, 0.1) is 6.42 Å². The Morgan fingerprint density at radius 2 is 1.83 bits per heavy atom. The normalized spacial score (nSPS) is 14.8. The molecule has 30 heavy (non-hydrogen) atoms. The zero-order valence-corrected chi connectivity index (χ0v) is 17.9. The molecule has 8 heteroatoms. The number of aromatic nitrogens is 2. The Morgan fingerprint density at radius 3 is 2.60 bits per heavy atom. The van der Waals surface area contributed by atoms with E-state index < -0.39 is 0 Å². The van der Waals surface area contributed by atoms with E-state index in [2.05, 4.69) is 15.0 Å². The summed E-state index contributed by atoms with van der Waals surface area (Å²) in [6, 6.07) is 14.9. The zero-order valence-electron chi connectivity index (χ0n) is 16.4. The summed E-state index contributed by atoms with van der Waals surface area (Å²) in [5.41, 5.74) is 1.71. The predicted molar refractivity (Wildman–Crippen MR) is 117 cm³/mol. The minimum absolute atomic E-state index is 0.116. The lowest BCUT2D eigenvalue weighted by molar-refractivity contribution is -0.132. The molecule has 1 saturated heterocycles. The quantitative estimate of drug-likeness (QED) is 0.575. The molecule has 0 radical (unpaired) electrons. The van der Waals surface area contributed by atoms with Gasteiger partial charge in [-0.2, -0.15) is 4.98 Å². The highest BCUT2D eigenvalue weighted by Gasteiger charge is 2.22. The molecule has 1 aliphatic heterocycles. The van der Waals surface area contributed by atoms with Gasteiger partial charge in [-0.15, -0.1) is 0 Å². The first-order chi connectivity index (χ1) is 14.6. The van der Waals surface area contributed by atoms with Gasteiger partial charge in [0.1, 0.15) is 0 Å². The number of rotatable bonds is 6. The van der Waals surface area contributed by atoms with E-state index in [4.69, 9.17) is 27.7 Å². The van der Waals surface area contributed by atoms with E-state index in [-0.39, 0.29) is 5.91 Å². The Balaban J connectivity index is 1.24. The van der Waals surface area contributed by atoms with E-state index in [1.165, 1.54) is 0 Å². The molecule has 3 aromatic rings. The van der Waals surface area contributed by atoms with Crippen molar-refractivity contribution >= 4 is 29.1 Å². The molecular weight excluding hydrogens is 423 g/mol. The Kier molecular flexibility index (Phi) is 6.67. The maximum Gasteiger partial charge on any atom is 0.228 e. The molecule has 2 aromatic carbocycles. The van der Waals surface area contributed by atoms with E-state index in [1.807, 2.05) is 53.4 Å². The van der Waals surface area contributed by atoms with Crippen molar-refractivity contribution < 1.29 is 9.32 Å². The number of amides is 1. The number of hydrogen-bond donors (Lipinski definition) is 0. The molecule has 4 rings (SSSR count). The van der Waals surface area contributed by atoms with Crippen LogP contribution in [-0.4, -0.2) is 58.6 Å². The fraction of sp³-hybridized carbons (Fsp3) is 0.318. The number of carbonyl (C=O) groups is 1. The van der Waals surface area contributed by atoms with Crippen molar-refractivity contribution in [2.45, 2.75) is 12.8 Å². The van der Waals surface area contributed by atoms with Crippen molar-refractivity contribution in [3.8, 4) is 11.4 Å². The van der Waals surface area contributed by atoms with Gasteiger partial charge >= 0.3 is 0 Å². The van der Waals surface area contributed by atoms with Gasteiger partial charge in [0, 0.05) is 54.8 Å². The Bertz CT molecular complexity index is 1020. The van der Waals surface area contributed by atoms with Crippen LogP contribution in [0.3, 0.4) is 0 Å². The number of halogens is 2. The van der Waals surface area contributed by atoms with Crippen molar-refractivity contribution in [3.63, 3.8) is 0 Å². The van der Waals surface area contributed by atoms with Gasteiger partial charge in [0.25, 0.3) is 0 Å². The highest BCUT2D eigenvalue weighted by atomic mass is 35.5. The average molecular weight is 445 g/mol. The van der Waals surface area contributed by atoms with E-state index in [0.29, 0.717) is 47.7 Å². The van der Waals surface area contributed by atoms with E-state index in [0.717, 1.165) is 30.8 Å². The first-order valence-electron chi connectivity index (χ1n) is 9.90. The fourth-order valence-corrected chi connectivity index (χ4v) is 3.89. The molecule has 1 fully saturated rings. The van der Waals surface area contributed by atoms with Crippen molar-refractivity contribution in [1.29, 1.82) is 0 Å². The Labute approximate surface area is 185 Å². The molecule has 1 aromatic heterocycles. The van der Waals surface area contributed by atoms with Crippen LogP contribution in [-0.2, 0) is 17.6 Å². The molecule has 0 bridgehead atoms. The van der Waals surface area contributed by atoms with Crippen LogP contribution in [0.25, 0.3) is 11.4 Å². The number of piperazine rings is 1. The van der Waals surface area contributed by atoms with Crippen LogP contribution in [0, 0.1) is 0 Å². The lowest BCUT2D eigenvalue weighted by atomic mass is 10.1. The number of nitrogens with zero attached hydrogens (tertiary/aromatic N) is 4. The highest BCUT2D eigenvalue weighted by Crippen LogP contribution is 2.20. The summed E-state index contributed by atoms with van der Waals surface area (Å²) < 4.78 is 5.38. The molecule has 0 saturated carbocycles. The molecule has 156 valence electrons. The maximum atomic E-state index is 12.6. The predicted octanol–water partition coefficient (Wildman–Crippen LogP) is 3.97. The second-order valence-electron chi connectivity index (χ2n) is 7.26. The zero-order chi connectivity index (χ0) is 20.9. The van der Waals surface area contributed by atoms with Gasteiger partial charge in [0.2, 0.25) is 17.6 Å². The summed E-state index contributed by atoms with van der Waals surface area (Å²) in [6.07, 6.45) is 1.01. The third kappa shape index (κ3) is 5.19. The molecule has 6 nitrogen and oxygen atoms in total. The van der Waals surface area contributed by atoms with E-state index >= 15 is 0 Å². The molecule has 0 unspecified atom stereocenters. The van der Waals surface area contributed by atoms with Gasteiger partial charge < -0.3 is 9.42 Å². The van der Waals surface area contributed by atoms with Crippen molar-refractivity contribution in [1.82, 2.24) is 19.9 Å². The van der Waals surface area contributed by atoms with Crippen LogP contribution in [0.2, 0.25) is 10.0 Å². The van der Waals surface area contributed by atoms with Gasteiger partial charge in [-0.3, -0.25) is 9.69 Å². The molecular formula is C22H22Cl2N4O2. The standard InChI is InChI=1S/C22H22Cl2N4O2/c23-18-6-3-5-17(14-18)22-25-20(30-26-22)8-9-27-10-12-28(13-11-27)21(29)15-16-4-1-2-7-19(16)24/h1-7,14H,8-13,15H2. The van der Waals surface area contributed by atoms with Crippen LogP contribution in [0.15, 0.2) is 53.1 Å². The molecule has 1 amide bonds. The van der Waals surface area contributed by atoms with Crippen LogP contribution in [0.4, 0.5) is 0 Å². The van der Waals surface area contributed by atoms with Crippen LogP contribution >= 0.6 is 23.2 Å². The summed E-state index contributed by atoms with van der Waals surface area (Å²) in [5, 5.41) is 5.33. The first kappa shape index (κ1) is 20.8. The SMILES string of the molecule is O=C(Cc1ccccc1Cl)N1CCN(CCc2nc(-c3cccc(Cl)c3)no2)CC1. The third-order valence-electron chi connectivity index (χ3n) is 5.22. The fourth-order valence-electron chi connectivity index (χ4n) is 3.49. The summed E-state index contributed by atoms with van der Waals surface area (Å²) in [7, 11) is 0. The lowest BCUT2D eigenvalue weighted by Gasteiger charge is -2.34. The lowest BCUT2D eigenvalue weighted by Crippen LogP contribution is -2.49. The largest absolute Gasteiger partial charge is 0.340 e. The second kappa shape index (κ2) is 9.60. The minimum atomic E-state index is 0.116. The molecule has 0 atom stereocenters. The van der Waals surface area contributed by atoms with Crippen LogP contribution in [0.1, 0.15) is 11.5 Å². The number of carbonyl (C=O) groups excluding carboxylic acids is 1. The third-order valence-corrected chi connectivity index (χ3v) is 5.82. The van der Waals surface area contributed by atoms with Crippen molar-refractivity contribution in [3.05, 3.63) is 70.0 Å². The topological polar surface area (TPSA) is 62.5 Å². The van der Waals surface area contributed by atoms with Crippen LogP contribution in [0.5, 0.6) is 0 Å². The molecule has 0 N–H and O–H groups in total. The number of benzene rings is 2. The monoisotopic (exact) mass is 444 g/mol. The van der Waals surface area contributed by atoms with Crippen LogP contribution < -0.4 is 0 Å². The van der Waals surface area contributed by atoms with Gasteiger partial charge in [-0.05, 0) is 23.8 Å². The smallest absolute Gasteiger partial charge is 0.228 e. The molecule has 0 spiro atoms. The van der Waals surface area contributed by atoms with Gasteiger partial charge in [-0.1, -0.05) is 58.7 Å². The minimum Gasteiger partial charge on any atom is -0.340 e. The average Bonchev–Trinajstić information content (AvgIpc) is 3.23. The number of hydrogen-bond acceptors (Lipinski definition) is 5. The van der Waals surface area contributed by atoms with Crippen molar-refractivity contribution in [2.75, 3.05) is 32.7 Å². The summed E-state index contributed by atoms with van der Waals surface area (Å²) in [6.45, 7) is 3.87. The second-order valence-corrected chi connectivity index (χ2v) is 8.11. The summed E-state index contributed by atoms with van der Waals surface area (Å²) in [5.74, 6) is 1.26. The molecule has 0 aliphatic carbocycles. The Hall–Kier alpha value is -2.41. The molecule has 2 heterocycles. The van der Waals surface area contributed by atoms with Gasteiger partial charge in [0.15, 0.2) is 0 Å². The first-order valence-corrected chi connectivity index (χ1v) is 10.7. The van der Waals surface area contributed by atoms with Crippen molar-refractivity contribution in [2.24, 2.45) is 0 Å². The Morgan fingerprint density at radius 1 is 1.03 bits per heavy atom. The molecule has 1 aliphatic rings. The van der Waals surface area contributed by atoms with E-state index in [1.54, 1.807) is 0 Å². The van der Waals surface area contributed by atoms with E-state index in [9.17, 15) is 4.79 Å². The highest BCUT2D eigenvalue weighted by molar-refractivity contribution is 6.31. The summed E-state index contributed by atoms with van der Waals surface area (Å²) >= 11 is 12.2. The maximum absolute atomic E-state index is 12.6.